The van der Waals surface area contributed by atoms with Gasteiger partial charge < -0.3 is 20.7 Å². The highest BCUT2D eigenvalue weighted by atomic mass is 32.1. The maximum atomic E-state index is 12.9. The van der Waals surface area contributed by atoms with Gasteiger partial charge in [-0.3, -0.25) is 14.9 Å². The first-order valence-corrected chi connectivity index (χ1v) is 12.3. The molecule has 3 aromatic rings. The Kier molecular flexibility index (Phi) is 7.40. The van der Waals surface area contributed by atoms with Gasteiger partial charge in [-0.1, -0.05) is 0 Å². The third-order valence-corrected chi connectivity index (χ3v) is 7.16. The lowest BCUT2D eigenvalue weighted by Gasteiger charge is -2.18. The van der Waals surface area contributed by atoms with E-state index in [9.17, 15) is 19.5 Å². The predicted molar refractivity (Wildman–Crippen MR) is 132 cm³/mol. The molecule has 1 fully saturated rings. The number of fused-ring (bicyclic) bond motifs is 1. The van der Waals surface area contributed by atoms with E-state index in [0.717, 1.165) is 19.4 Å². The summed E-state index contributed by atoms with van der Waals surface area (Å²) in [6, 6.07) is 5.45. The molecule has 1 unspecified atom stereocenters. The van der Waals surface area contributed by atoms with Crippen molar-refractivity contribution in [2.45, 2.75) is 44.6 Å². The number of hydrogen-bond donors (Lipinski definition) is 4. The van der Waals surface area contributed by atoms with E-state index in [2.05, 4.69) is 27.2 Å². The van der Waals surface area contributed by atoms with Crippen LogP contribution in [0.25, 0.3) is 10.9 Å². The number of thiazole rings is 1. The molecule has 0 saturated carbocycles. The van der Waals surface area contributed by atoms with Crippen molar-refractivity contribution >= 4 is 45.0 Å². The van der Waals surface area contributed by atoms with Gasteiger partial charge in [-0.05, 0) is 76.0 Å². The number of hydrogen-bond acceptors (Lipinski definition) is 7. The Bertz CT molecular complexity index is 1220. The van der Waals surface area contributed by atoms with Crippen LogP contribution in [0.5, 0.6) is 0 Å². The van der Waals surface area contributed by atoms with Gasteiger partial charge in [-0.2, -0.15) is 0 Å². The molecule has 3 heterocycles. The number of aromatic nitrogens is 2. The summed E-state index contributed by atoms with van der Waals surface area (Å²) in [5.74, 6) is -1.43. The first-order chi connectivity index (χ1) is 16.4. The van der Waals surface area contributed by atoms with E-state index in [1.165, 1.54) is 17.8 Å². The number of amides is 1. The van der Waals surface area contributed by atoms with Crippen LogP contribution in [0.4, 0.5) is 5.13 Å². The van der Waals surface area contributed by atoms with E-state index in [1.807, 2.05) is 0 Å². The number of nitrogens with two attached hydrogens (primary N) is 1. The smallest absolute Gasteiger partial charge is 0.352 e. The molecular formula is C24H29N5O4S. The highest BCUT2D eigenvalue weighted by molar-refractivity contribution is 7.14. The minimum atomic E-state index is -1.05. The van der Waals surface area contributed by atoms with E-state index >= 15 is 0 Å². The average Bonchev–Trinajstić information content (AvgIpc) is 3.54. The van der Waals surface area contributed by atoms with Crippen LogP contribution in [0.2, 0.25) is 0 Å². The lowest BCUT2D eigenvalue weighted by atomic mass is 10.0. The Labute approximate surface area is 201 Å². The van der Waals surface area contributed by atoms with Crippen LogP contribution in [0.3, 0.4) is 0 Å². The summed E-state index contributed by atoms with van der Waals surface area (Å²) in [5.41, 5.74) is 7.76. The zero-order valence-corrected chi connectivity index (χ0v) is 19.9. The number of aromatic carboxylic acids is 1. The minimum Gasteiger partial charge on any atom is -0.477 e. The van der Waals surface area contributed by atoms with Crippen molar-refractivity contribution in [3.8, 4) is 0 Å². The zero-order chi connectivity index (χ0) is 24.2. The number of carboxylic acid groups (broad SMARTS) is 1. The summed E-state index contributed by atoms with van der Waals surface area (Å²) in [6.45, 7) is 1.51. The summed E-state index contributed by atoms with van der Waals surface area (Å²) in [7, 11) is 2.09. The number of nitrogens with zero attached hydrogens (tertiary/aromatic N) is 2. The van der Waals surface area contributed by atoms with Gasteiger partial charge in [0.15, 0.2) is 10.9 Å². The SMILES string of the molecule is CN1CCCC1CCC(=O)c1csc(NC(=O)c2ccc3[nH]c(C(=O)O)c(CCCN)c3c2)n1. The van der Waals surface area contributed by atoms with Gasteiger partial charge in [0.2, 0.25) is 0 Å². The highest BCUT2D eigenvalue weighted by Gasteiger charge is 2.23. The first kappa shape index (κ1) is 24.1. The summed E-state index contributed by atoms with van der Waals surface area (Å²) >= 11 is 1.21. The first-order valence-electron chi connectivity index (χ1n) is 11.5. The van der Waals surface area contributed by atoms with E-state index in [1.54, 1.807) is 23.6 Å². The molecule has 5 N–H and O–H groups in total. The van der Waals surface area contributed by atoms with E-state index in [4.69, 9.17) is 5.73 Å². The maximum absolute atomic E-state index is 12.9. The number of aromatic amines is 1. The molecule has 34 heavy (non-hydrogen) atoms. The number of H-pyrrole nitrogens is 1. The van der Waals surface area contributed by atoms with Gasteiger partial charge in [0.05, 0.1) is 0 Å². The Morgan fingerprint density at radius 3 is 2.88 bits per heavy atom. The second kappa shape index (κ2) is 10.5. The summed E-state index contributed by atoms with van der Waals surface area (Å²) in [6.07, 6.45) is 4.68. The van der Waals surface area contributed by atoms with E-state index in [0.29, 0.717) is 64.7 Å². The number of likely N-dealkylation sites (tertiary alicyclic amines) is 1. The number of anilines is 1. The number of ketones is 1. The molecule has 2 aromatic heterocycles. The normalized spacial score (nSPS) is 16.2. The fourth-order valence-electron chi connectivity index (χ4n) is 4.51. The Morgan fingerprint density at radius 2 is 2.18 bits per heavy atom. The van der Waals surface area contributed by atoms with Crippen LogP contribution >= 0.6 is 11.3 Å². The molecule has 1 aromatic carbocycles. The molecular weight excluding hydrogens is 454 g/mol. The van der Waals surface area contributed by atoms with E-state index in [-0.39, 0.29) is 17.4 Å². The lowest BCUT2D eigenvalue weighted by Crippen LogP contribution is -2.25. The van der Waals surface area contributed by atoms with Crippen molar-refractivity contribution in [1.82, 2.24) is 14.9 Å². The molecule has 0 radical (unpaired) electrons. The molecule has 1 amide bonds. The number of carbonyl (C=O) groups excluding carboxylic acids is 2. The number of aryl methyl sites for hydroxylation is 1. The summed E-state index contributed by atoms with van der Waals surface area (Å²) in [4.78, 5) is 46.6. The molecule has 9 nitrogen and oxygen atoms in total. The number of nitrogens with one attached hydrogen (secondary N) is 2. The molecule has 1 atom stereocenters. The van der Waals surface area contributed by atoms with Gasteiger partial charge in [0.1, 0.15) is 11.4 Å². The number of carbonyl (C=O) groups is 3. The van der Waals surface area contributed by atoms with Crippen LogP contribution in [0.15, 0.2) is 23.6 Å². The van der Waals surface area contributed by atoms with Gasteiger partial charge in [0, 0.05) is 34.3 Å². The Hall–Kier alpha value is -3.08. The standard InChI is InChI=1S/C24H29N5O4S/c1-29-11-3-4-15(29)7-9-20(30)19-13-34-24(27-19)28-22(31)14-6-8-18-17(12-14)16(5-2-10-25)21(26-18)23(32)33/h6,8,12-13,15,26H,2-5,7,9-11,25H2,1H3,(H,32,33)(H,27,28,31). The largest absolute Gasteiger partial charge is 0.477 e. The number of rotatable bonds is 10. The molecule has 4 rings (SSSR count). The number of benzene rings is 1. The second-order valence-corrected chi connectivity index (χ2v) is 9.52. The van der Waals surface area contributed by atoms with Crippen molar-refractivity contribution in [2.24, 2.45) is 5.73 Å². The van der Waals surface area contributed by atoms with Crippen LogP contribution in [-0.4, -0.2) is 63.8 Å². The van der Waals surface area contributed by atoms with Crippen LogP contribution < -0.4 is 11.1 Å². The summed E-state index contributed by atoms with van der Waals surface area (Å²) in [5, 5.41) is 15.0. The minimum absolute atomic E-state index is 0.0171. The fourth-order valence-corrected chi connectivity index (χ4v) is 5.22. The third kappa shape index (κ3) is 5.19. The second-order valence-electron chi connectivity index (χ2n) is 8.67. The molecule has 180 valence electrons. The van der Waals surface area contributed by atoms with Gasteiger partial charge >= 0.3 is 5.97 Å². The maximum Gasteiger partial charge on any atom is 0.352 e. The number of carboxylic acids is 1. The molecule has 1 aliphatic rings. The van der Waals surface area contributed by atoms with Crippen LogP contribution in [0, 0.1) is 0 Å². The number of Topliss-reactive ketones (excluding diaryl/α,β-unsaturated/α-hetero) is 1. The van der Waals surface area contributed by atoms with Gasteiger partial charge in [-0.25, -0.2) is 9.78 Å². The van der Waals surface area contributed by atoms with Crippen LogP contribution in [0.1, 0.15) is 69.0 Å². The molecule has 1 saturated heterocycles. The van der Waals surface area contributed by atoms with Gasteiger partial charge in [-0.15, -0.1) is 11.3 Å². The van der Waals surface area contributed by atoms with Crippen molar-refractivity contribution in [2.75, 3.05) is 25.5 Å². The monoisotopic (exact) mass is 483 g/mol. The summed E-state index contributed by atoms with van der Waals surface area (Å²) < 4.78 is 0. The van der Waals surface area contributed by atoms with Gasteiger partial charge in [0.25, 0.3) is 5.91 Å². The molecule has 0 bridgehead atoms. The van der Waals surface area contributed by atoms with Crippen molar-refractivity contribution in [3.63, 3.8) is 0 Å². The lowest BCUT2D eigenvalue weighted by molar-refractivity contribution is 0.0689. The molecule has 10 heteroatoms. The quantitative estimate of drug-likeness (QED) is 0.323. The van der Waals surface area contributed by atoms with Crippen LogP contribution in [-0.2, 0) is 6.42 Å². The topological polar surface area (TPSA) is 141 Å². The fraction of sp³-hybridized carbons (Fsp3) is 0.417. The van der Waals surface area contributed by atoms with Crippen molar-refractivity contribution in [3.05, 3.63) is 46.1 Å². The van der Waals surface area contributed by atoms with Crippen molar-refractivity contribution < 1.29 is 19.5 Å². The zero-order valence-electron chi connectivity index (χ0n) is 19.1. The van der Waals surface area contributed by atoms with E-state index < -0.39 is 5.97 Å². The predicted octanol–water partition coefficient (Wildman–Crippen LogP) is 3.52. The molecule has 0 aliphatic carbocycles. The highest BCUT2D eigenvalue weighted by Crippen LogP contribution is 2.26. The third-order valence-electron chi connectivity index (χ3n) is 6.40. The molecule has 1 aliphatic heterocycles. The Morgan fingerprint density at radius 1 is 1.35 bits per heavy atom. The Balaban J connectivity index is 1.45. The molecule has 0 spiro atoms. The average molecular weight is 484 g/mol. The van der Waals surface area contributed by atoms with Crippen molar-refractivity contribution in [1.29, 1.82) is 0 Å².